The Bertz CT molecular complexity index is 521. The second-order valence-corrected chi connectivity index (χ2v) is 6.76. The van der Waals surface area contributed by atoms with E-state index < -0.39 is 12.1 Å². The molecule has 0 aliphatic carbocycles. The first-order chi connectivity index (χ1) is 11.7. The van der Waals surface area contributed by atoms with Crippen LogP contribution in [0, 0.1) is 0 Å². The van der Waals surface area contributed by atoms with E-state index in [0.717, 1.165) is 30.7 Å². The summed E-state index contributed by atoms with van der Waals surface area (Å²) in [5.41, 5.74) is 6.43. The van der Waals surface area contributed by atoms with Crippen molar-refractivity contribution in [3.63, 3.8) is 0 Å². The second-order valence-electron chi connectivity index (χ2n) is 5.68. The Balaban J connectivity index is 1.85. The molecular weight excluding hydrogens is 326 g/mol. The highest BCUT2D eigenvalue weighted by Gasteiger charge is 2.28. The van der Waals surface area contributed by atoms with Crippen molar-refractivity contribution >= 4 is 23.8 Å². The van der Waals surface area contributed by atoms with Crippen molar-refractivity contribution < 1.29 is 14.3 Å². The lowest BCUT2D eigenvalue weighted by Gasteiger charge is -2.23. The Labute approximate surface area is 147 Å². The van der Waals surface area contributed by atoms with Crippen LogP contribution in [0.1, 0.15) is 24.8 Å². The number of thioether (sulfide) groups is 1. The Kier molecular flexibility index (Phi) is 7.91. The summed E-state index contributed by atoms with van der Waals surface area (Å²) in [6.45, 7) is 1.51. The number of amides is 2. The van der Waals surface area contributed by atoms with Crippen LogP contribution in [0.5, 0.6) is 0 Å². The normalized spacial score (nSPS) is 15.1. The van der Waals surface area contributed by atoms with Gasteiger partial charge in [-0.2, -0.15) is 0 Å². The number of unbranched alkanes of at least 4 members (excludes halogenated alkanes) is 1. The monoisotopic (exact) mass is 351 g/mol. The van der Waals surface area contributed by atoms with Crippen molar-refractivity contribution in [1.82, 2.24) is 10.2 Å². The van der Waals surface area contributed by atoms with Gasteiger partial charge in [0.15, 0.2) is 0 Å². The van der Waals surface area contributed by atoms with Crippen LogP contribution < -0.4 is 11.1 Å². The average molecular weight is 351 g/mol. The van der Waals surface area contributed by atoms with Crippen LogP contribution in [0.25, 0.3) is 0 Å². The molecule has 1 aromatic rings. The Morgan fingerprint density at radius 3 is 2.75 bits per heavy atom. The highest BCUT2D eigenvalue weighted by atomic mass is 32.2. The van der Waals surface area contributed by atoms with Gasteiger partial charge < -0.3 is 20.7 Å². The Morgan fingerprint density at radius 2 is 2.08 bits per heavy atom. The number of alkyl carbamates (subject to hydrolysis) is 1. The van der Waals surface area contributed by atoms with Crippen LogP contribution in [0.3, 0.4) is 0 Å². The highest BCUT2D eigenvalue weighted by Crippen LogP contribution is 2.16. The van der Waals surface area contributed by atoms with E-state index in [0.29, 0.717) is 18.8 Å². The molecule has 0 saturated carbocycles. The zero-order chi connectivity index (χ0) is 17.2. The molecule has 0 aromatic heterocycles. The first kappa shape index (κ1) is 18.6. The van der Waals surface area contributed by atoms with Gasteiger partial charge in [-0.15, -0.1) is 11.8 Å². The minimum absolute atomic E-state index is 0.0336. The van der Waals surface area contributed by atoms with Gasteiger partial charge in [0.05, 0.1) is 5.88 Å². The zero-order valence-corrected chi connectivity index (χ0v) is 14.6. The summed E-state index contributed by atoms with van der Waals surface area (Å²) >= 11 is 1.72. The number of benzene rings is 1. The number of nitrogens with one attached hydrogen (secondary N) is 1. The van der Waals surface area contributed by atoms with E-state index in [1.165, 1.54) is 0 Å². The molecule has 1 aliphatic rings. The van der Waals surface area contributed by atoms with Crippen molar-refractivity contribution in [2.24, 2.45) is 5.73 Å². The molecule has 1 aliphatic heterocycles. The molecular formula is C17H25N3O3S. The Hall–Kier alpha value is -1.73. The van der Waals surface area contributed by atoms with Crippen LogP contribution in [0.2, 0.25) is 0 Å². The predicted molar refractivity (Wildman–Crippen MR) is 95.5 cm³/mol. The van der Waals surface area contributed by atoms with Crippen molar-refractivity contribution in [3.05, 3.63) is 35.9 Å². The van der Waals surface area contributed by atoms with Gasteiger partial charge in [0.25, 0.3) is 0 Å². The van der Waals surface area contributed by atoms with E-state index >= 15 is 0 Å². The van der Waals surface area contributed by atoms with E-state index in [1.807, 2.05) is 30.3 Å². The maximum atomic E-state index is 12.6. The van der Waals surface area contributed by atoms with Gasteiger partial charge in [0, 0.05) is 12.3 Å². The van der Waals surface area contributed by atoms with Gasteiger partial charge >= 0.3 is 6.09 Å². The number of nitrogens with zero attached hydrogens (tertiary/aromatic N) is 1. The minimum Gasteiger partial charge on any atom is -0.445 e. The molecule has 1 fully saturated rings. The van der Waals surface area contributed by atoms with Crippen LogP contribution in [0.15, 0.2) is 30.3 Å². The Morgan fingerprint density at radius 1 is 1.29 bits per heavy atom. The average Bonchev–Trinajstić information content (AvgIpc) is 3.14. The summed E-state index contributed by atoms with van der Waals surface area (Å²) in [6.07, 6.45) is 1.65. The number of carbonyl (C=O) groups excluding carboxylic acids is 2. The summed E-state index contributed by atoms with van der Waals surface area (Å²) in [5, 5.41) is 2.72. The largest absolute Gasteiger partial charge is 0.445 e. The van der Waals surface area contributed by atoms with E-state index in [9.17, 15) is 9.59 Å². The highest BCUT2D eigenvalue weighted by molar-refractivity contribution is 7.99. The molecule has 0 unspecified atom stereocenters. The fourth-order valence-electron chi connectivity index (χ4n) is 2.47. The smallest absolute Gasteiger partial charge is 0.408 e. The third-order valence-corrected chi connectivity index (χ3v) is 4.78. The summed E-state index contributed by atoms with van der Waals surface area (Å²) in [7, 11) is 0. The van der Waals surface area contributed by atoms with Gasteiger partial charge in [0.1, 0.15) is 12.6 Å². The molecule has 3 N–H and O–H groups in total. The van der Waals surface area contributed by atoms with Crippen LogP contribution in [-0.4, -0.2) is 47.7 Å². The lowest BCUT2D eigenvalue weighted by atomic mass is 10.1. The molecule has 6 nitrogen and oxygen atoms in total. The van der Waals surface area contributed by atoms with Crippen molar-refractivity contribution in [2.75, 3.05) is 24.7 Å². The predicted octanol–water partition coefficient (Wildman–Crippen LogP) is 1.94. The van der Waals surface area contributed by atoms with Crippen LogP contribution in [-0.2, 0) is 16.1 Å². The second kappa shape index (κ2) is 10.2. The SMILES string of the molecule is NCCCC[C@H](NC(=O)OCc1ccccc1)C(=O)N1CCSC1. The molecule has 0 bridgehead atoms. The first-order valence-corrected chi connectivity index (χ1v) is 9.40. The number of hydrogen-bond acceptors (Lipinski definition) is 5. The van der Waals surface area contributed by atoms with Crippen LogP contribution in [0.4, 0.5) is 4.79 Å². The number of hydrogen-bond donors (Lipinski definition) is 2. The first-order valence-electron chi connectivity index (χ1n) is 8.24. The molecule has 1 heterocycles. The third kappa shape index (κ3) is 6.05. The van der Waals surface area contributed by atoms with Crippen LogP contribution >= 0.6 is 11.8 Å². The number of nitrogens with two attached hydrogens (primary N) is 1. The molecule has 7 heteroatoms. The van der Waals surface area contributed by atoms with Gasteiger partial charge in [-0.05, 0) is 31.4 Å². The number of carbonyl (C=O) groups is 2. The van der Waals surface area contributed by atoms with E-state index in [2.05, 4.69) is 5.32 Å². The standard InChI is InChI=1S/C17H25N3O3S/c18-9-5-4-8-15(16(21)20-10-11-24-13-20)19-17(22)23-12-14-6-2-1-3-7-14/h1-3,6-7,15H,4-5,8-13,18H2,(H,19,22)/t15-/m0/s1. The van der Waals surface area contributed by atoms with E-state index in [4.69, 9.17) is 10.5 Å². The molecule has 2 rings (SSSR count). The molecule has 24 heavy (non-hydrogen) atoms. The number of rotatable bonds is 8. The summed E-state index contributed by atoms with van der Waals surface area (Å²) < 4.78 is 5.23. The lowest BCUT2D eigenvalue weighted by Crippen LogP contribution is -2.47. The quantitative estimate of drug-likeness (QED) is 0.699. The fraction of sp³-hybridized carbons (Fsp3) is 0.529. The molecule has 1 atom stereocenters. The van der Waals surface area contributed by atoms with Crippen molar-refractivity contribution in [1.29, 1.82) is 0 Å². The number of ether oxygens (including phenoxy) is 1. The van der Waals surface area contributed by atoms with Gasteiger partial charge in [-0.3, -0.25) is 4.79 Å². The van der Waals surface area contributed by atoms with Crippen molar-refractivity contribution in [2.45, 2.75) is 31.9 Å². The van der Waals surface area contributed by atoms with Gasteiger partial charge in [-0.1, -0.05) is 30.3 Å². The summed E-state index contributed by atoms with van der Waals surface area (Å²) in [6, 6.07) is 8.92. The van der Waals surface area contributed by atoms with Gasteiger partial charge in [-0.25, -0.2) is 4.79 Å². The fourth-order valence-corrected chi connectivity index (χ4v) is 3.42. The molecule has 132 valence electrons. The van der Waals surface area contributed by atoms with E-state index in [-0.39, 0.29) is 12.5 Å². The van der Waals surface area contributed by atoms with E-state index in [1.54, 1.807) is 16.7 Å². The molecule has 2 amide bonds. The maximum absolute atomic E-state index is 12.6. The van der Waals surface area contributed by atoms with Crippen molar-refractivity contribution in [3.8, 4) is 0 Å². The zero-order valence-electron chi connectivity index (χ0n) is 13.8. The molecule has 1 aromatic carbocycles. The van der Waals surface area contributed by atoms with Gasteiger partial charge in [0.2, 0.25) is 5.91 Å². The lowest BCUT2D eigenvalue weighted by molar-refractivity contribution is -0.132. The third-order valence-electron chi connectivity index (χ3n) is 3.81. The summed E-state index contributed by atoms with van der Waals surface area (Å²) in [5.74, 6) is 1.60. The minimum atomic E-state index is -0.559. The molecule has 0 spiro atoms. The summed E-state index contributed by atoms with van der Waals surface area (Å²) in [4.78, 5) is 26.4. The topological polar surface area (TPSA) is 84.7 Å². The molecule has 1 saturated heterocycles. The molecule has 0 radical (unpaired) electrons. The maximum Gasteiger partial charge on any atom is 0.408 e.